The van der Waals surface area contributed by atoms with E-state index in [1.165, 1.54) is 5.56 Å². The van der Waals surface area contributed by atoms with Crippen LogP contribution in [0, 0.1) is 5.92 Å². The van der Waals surface area contributed by atoms with Crippen LogP contribution in [-0.2, 0) is 26.2 Å². The topological polar surface area (TPSA) is 47.7 Å². The molecule has 0 radical (unpaired) electrons. The van der Waals surface area contributed by atoms with E-state index in [1.54, 1.807) is 0 Å². The second-order valence-corrected chi connectivity index (χ2v) is 5.23. The lowest BCUT2D eigenvalue weighted by Crippen LogP contribution is -2.13. The summed E-state index contributed by atoms with van der Waals surface area (Å²) < 4.78 is 3.95. The highest BCUT2D eigenvalue weighted by Crippen LogP contribution is 2.02. The van der Waals surface area contributed by atoms with Crippen LogP contribution in [0.4, 0.5) is 0 Å². The molecule has 5 heteroatoms. The molecule has 0 aromatic carbocycles. The molecular weight excluding hydrogens is 238 g/mol. The number of aromatic nitrogens is 4. The first-order valence-electron chi connectivity index (χ1n) is 6.91. The predicted octanol–water partition coefficient (Wildman–Crippen LogP) is 2.05. The highest BCUT2D eigenvalue weighted by molar-refractivity contribution is 5.04. The maximum absolute atomic E-state index is 4.54. The fourth-order valence-electron chi connectivity index (χ4n) is 1.98. The molecule has 0 aliphatic carbocycles. The molecule has 104 valence electrons. The molecule has 0 spiro atoms. The van der Waals surface area contributed by atoms with E-state index in [4.69, 9.17) is 0 Å². The first-order valence-corrected chi connectivity index (χ1v) is 6.91. The van der Waals surface area contributed by atoms with E-state index in [2.05, 4.69) is 48.5 Å². The van der Waals surface area contributed by atoms with Crippen LogP contribution in [-0.4, -0.2) is 19.6 Å². The monoisotopic (exact) mass is 261 g/mol. The van der Waals surface area contributed by atoms with Crippen molar-refractivity contribution in [3.05, 3.63) is 35.9 Å². The zero-order chi connectivity index (χ0) is 13.7. The minimum absolute atomic E-state index is 0.626. The largest absolute Gasteiger partial charge is 0.307 e. The lowest BCUT2D eigenvalue weighted by Gasteiger charge is -2.04. The van der Waals surface area contributed by atoms with Gasteiger partial charge in [-0.25, -0.2) is 0 Å². The van der Waals surface area contributed by atoms with Gasteiger partial charge in [0.2, 0.25) is 0 Å². The Morgan fingerprint density at radius 3 is 2.79 bits per heavy atom. The quantitative estimate of drug-likeness (QED) is 0.829. The van der Waals surface area contributed by atoms with E-state index < -0.39 is 0 Å². The van der Waals surface area contributed by atoms with Gasteiger partial charge in [0.15, 0.2) is 0 Å². The molecular formula is C14H23N5. The van der Waals surface area contributed by atoms with Crippen molar-refractivity contribution in [1.82, 2.24) is 24.9 Å². The van der Waals surface area contributed by atoms with E-state index in [0.29, 0.717) is 5.92 Å². The highest BCUT2D eigenvalue weighted by atomic mass is 15.3. The molecule has 2 aromatic rings. The smallest absolute Gasteiger partial charge is 0.0762 e. The molecule has 0 aliphatic heterocycles. The average molecular weight is 261 g/mol. The Hall–Kier alpha value is -1.62. The van der Waals surface area contributed by atoms with Crippen molar-refractivity contribution < 1.29 is 0 Å². The summed E-state index contributed by atoms with van der Waals surface area (Å²) >= 11 is 0. The van der Waals surface area contributed by atoms with E-state index >= 15 is 0 Å². The lowest BCUT2D eigenvalue weighted by molar-refractivity contribution is 0.477. The third-order valence-electron chi connectivity index (χ3n) is 2.89. The van der Waals surface area contributed by atoms with Gasteiger partial charge in [-0.2, -0.15) is 10.2 Å². The maximum Gasteiger partial charge on any atom is 0.0762 e. The zero-order valence-electron chi connectivity index (χ0n) is 12.0. The number of rotatable bonds is 7. The van der Waals surface area contributed by atoms with Crippen molar-refractivity contribution in [3.63, 3.8) is 0 Å². The van der Waals surface area contributed by atoms with Gasteiger partial charge in [0, 0.05) is 44.1 Å². The number of nitrogens with one attached hydrogen (secondary N) is 1. The standard InChI is InChI=1S/C14H23N5/c1-4-18-11-13(8-16-18)7-15-9-14-5-6-19(17-14)10-12(2)3/h5-6,8,11-12,15H,4,7,9-10H2,1-3H3. The zero-order valence-corrected chi connectivity index (χ0v) is 12.0. The Balaban J connectivity index is 1.77. The van der Waals surface area contributed by atoms with Gasteiger partial charge in [-0.05, 0) is 18.9 Å². The molecule has 0 bridgehead atoms. The molecule has 0 fully saturated rings. The van der Waals surface area contributed by atoms with E-state index in [1.807, 2.05) is 21.8 Å². The normalized spacial score (nSPS) is 11.4. The summed E-state index contributed by atoms with van der Waals surface area (Å²) in [5.74, 6) is 0.626. The van der Waals surface area contributed by atoms with Crippen LogP contribution >= 0.6 is 0 Å². The maximum atomic E-state index is 4.54. The summed E-state index contributed by atoms with van der Waals surface area (Å²) in [5, 5.41) is 12.2. The van der Waals surface area contributed by atoms with Gasteiger partial charge in [0.05, 0.1) is 11.9 Å². The molecule has 5 nitrogen and oxygen atoms in total. The highest BCUT2D eigenvalue weighted by Gasteiger charge is 2.02. The van der Waals surface area contributed by atoms with Crippen molar-refractivity contribution in [2.24, 2.45) is 5.92 Å². The van der Waals surface area contributed by atoms with Crippen LogP contribution < -0.4 is 5.32 Å². The molecule has 1 N–H and O–H groups in total. The molecule has 0 saturated heterocycles. The Morgan fingerprint density at radius 2 is 2.11 bits per heavy atom. The second kappa shape index (κ2) is 6.52. The van der Waals surface area contributed by atoms with Crippen LogP contribution in [0.15, 0.2) is 24.7 Å². The Bertz CT molecular complexity index is 497. The first-order chi connectivity index (χ1) is 9.17. The van der Waals surface area contributed by atoms with Crippen molar-refractivity contribution in [3.8, 4) is 0 Å². The summed E-state index contributed by atoms with van der Waals surface area (Å²) in [5.41, 5.74) is 2.30. The minimum atomic E-state index is 0.626. The predicted molar refractivity (Wildman–Crippen MR) is 75.5 cm³/mol. The van der Waals surface area contributed by atoms with Crippen LogP contribution in [0.3, 0.4) is 0 Å². The lowest BCUT2D eigenvalue weighted by atomic mass is 10.2. The number of hydrogen-bond acceptors (Lipinski definition) is 3. The van der Waals surface area contributed by atoms with E-state index in [9.17, 15) is 0 Å². The molecule has 0 amide bonds. The first kappa shape index (κ1) is 13.8. The average Bonchev–Trinajstić information content (AvgIpc) is 2.98. The Labute approximate surface area is 114 Å². The molecule has 0 saturated carbocycles. The second-order valence-electron chi connectivity index (χ2n) is 5.23. The van der Waals surface area contributed by atoms with Crippen LogP contribution in [0.1, 0.15) is 32.0 Å². The molecule has 0 unspecified atom stereocenters. The third kappa shape index (κ3) is 4.21. The third-order valence-corrected chi connectivity index (χ3v) is 2.89. The van der Waals surface area contributed by atoms with Crippen molar-refractivity contribution >= 4 is 0 Å². The summed E-state index contributed by atoms with van der Waals surface area (Å²) in [7, 11) is 0. The van der Waals surface area contributed by atoms with Crippen LogP contribution in [0.2, 0.25) is 0 Å². The van der Waals surface area contributed by atoms with Gasteiger partial charge in [0.25, 0.3) is 0 Å². The van der Waals surface area contributed by atoms with Crippen LogP contribution in [0.25, 0.3) is 0 Å². The van der Waals surface area contributed by atoms with Crippen molar-refractivity contribution in [1.29, 1.82) is 0 Å². The molecule has 19 heavy (non-hydrogen) atoms. The number of nitrogens with zero attached hydrogens (tertiary/aromatic N) is 4. The number of hydrogen-bond donors (Lipinski definition) is 1. The summed E-state index contributed by atoms with van der Waals surface area (Å²) in [6.45, 7) is 10.0. The molecule has 2 aromatic heterocycles. The van der Waals surface area contributed by atoms with Crippen molar-refractivity contribution in [2.45, 2.75) is 47.0 Å². The molecule has 2 heterocycles. The SMILES string of the molecule is CCn1cc(CNCc2ccn(CC(C)C)n2)cn1. The fraction of sp³-hybridized carbons (Fsp3) is 0.571. The van der Waals surface area contributed by atoms with Gasteiger partial charge >= 0.3 is 0 Å². The molecule has 0 aliphatic rings. The van der Waals surface area contributed by atoms with Crippen molar-refractivity contribution in [2.75, 3.05) is 0 Å². The van der Waals surface area contributed by atoms with Gasteiger partial charge < -0.3 is 5.32 Å². The summed E-state index contributed by atoms with van der Waals surface area (Å²) in [6, 6.07) is 2.07. The molecule has 0 atom stereocenters. The van der Waals surface area contributed by atoms with E-state index in [0.717, 1.165) is 31.9 Å². The van der Waals surface area contributed by atoms with Gasteiger partial charge in [-0.1, -0.05) is 13.8 Å². The Morgan fingerprint density at radius 1 is 1.26 bits per heavy atom. The Kier molecular flexibility index (Phi) is 4.74. The molecule has 2 rings (SSSR count). The summed E-state index contributed by atoms with van der Waals surface area (Å²) in [6.07, 6.45) is 6.03. The van der Waals surface area contributed by atoms with Gasteiger partial charge in [-0.3, -0.25) is 9.36 Å². The summed E-state index contributed by atoms with van der Waals surface area (Å²) in [4.78, 5) is 0. The van der Waals surface area contributed by atoms with Crippen LogP contribution in [0.5, 0.6) is 0 Å². The fourth-order valence-corrected chi connectivity index (χ4v) is 1.98. The van der Waals surface area contributed by atoms with Gasteiger partial charge in [0.1, 0.15) is 0 Å². The number of aryl methyl sites for hydroxylation is 1. The van der Waals surface area contributed by atoms with Gasteiger partial charge in [-0.15, -0.1) is 0 Å². The van der Waals surface area contributed by atoms with E-state index in [-0.39, 0.29) is 0 Å². The minimum Gasteiger partial charge on any atom is -0.307 e.